The van der Waals surface area contributed by atoms with E-state index in [1.165, 1.54) is 6.20 Å². The number of nitrogens with zero attached hydrogens (tertiary/aromatic N) is 2. The van der Waals surface area contributed by atoms with Crippen LogP contribution < -0.4 is 15.8 Å². The molecule has 1 amide bonds. The van der Waals surface area contributed by atoms with Gasteiger partial charge in [0, 0.05) is 30.4 Å². The highest BCUT2D eigenvalue weighted by Crippen LogP contribution is 2.25. The van der Waals surface area contributed by atoms with Gasteiger partial charge < -0.3 is 15.8 Å². The SMILES string of the molecule is CC(C)(C)N(C(=O)Oc1ccncc1N)[C@H]1CCNC1. The van der Waals surface area contributed by atoms with Crippen LogP contribution in [-0.2, 0) is 0 Å². The summed E-state index contributed by atoms with van der Waals surface area (Å²) in [5.41, 5.74) is 5.81. The molecule has 1 aromatic rings. The lowest BCUT2D eigenvalue weighted by atomic mass is 10.0. The van der Waals surface area contributed by atoms with Crippen molar-refractivity contribution in [3.05, 3.63) is 18.5 Å². The normalized spacial score (nSPS) is 18.9. The average molecular weight is 278 g/mol. The zero-order valence-corrected chi connectivity index (χ0v) is 12.2. The van der Waals surface area contributed by atoms with Crippen LogP contribution in [0.2, 0.25) is 0 Å². The van der Waals surface area contributed by atoms with Gasteiger partial charge in [-0.2, -0.15) is 0 Å². The number of carbonyl (C=O) groups excluding carboxylic acids is 1. The summed E-state index contributed by atoms with van der Waals surface area (Å²) in [6.07, 6.45) is 3.58. The average Bonchev–Trinajstić information content (AvgIpc) is 2.84. The molecule has 6 heteroatoms. The maximum absolute atomic E-state index is 12.5. The Kier molecular flexibility index (Phi) is 4.13. The van der Waals surface area contributed by atoms with Gasteiger partial charge in [0.1, 0.15) is 0 Å². The van der Waals surface area contributed by atoms with E-state index in [1.54, 1.807) is 17.2 Å². The van der Waals surface area contributed by atoms with Gasteiger partial charge in [-0.05, 0) is 33.7 Å². The highest BCUT2D eigenvalue weighted by molar-refractivity contribution is 5.74. The topological polar surface area (TPSA) is 80.5 Å². The second-order valence-corrected chi connectivity index (χ2v) is 5.97. The van der Waals surface area contributed by atoms with E-state index in [9.17, 15) is 4.79 Å². The summed E-state index contributed by atoms with van der Waals surface area (Å²) < 4.78 is 5.44. The Bertz CT molecular complexity index is 478. The molecule has 110 valence electrons. The van der Waals surface area contributed by atoms with E-state index < -0.39 is 0 Å². The minimum absolute atomic E-state index is 0.144. The van der Waals surface area contributed by atoms with Crippen molar-refractivity contribution >= 4 is 11.8 Å². The fourth-order valence-corrected chi connectivity index (χ4v) is 2.46. The molecule has 0 unspecified atom stereocenters. The van der Waals surface area contributed by atoms with Crippen LogP contribution >= 0.6 is 0 Å². The van der Waals surface area contributed by atoms with Crippen molar-refractivity contribution in [2.75, 3.05) is 18.8 Å². The lowest BCUT2D eigenvalue weighted by Gasteiger charge is -2.39. The lowest BCUT2D eigenvalue weighted by Crippen LogP contribution is -2.53. The van der Waals surface area contributed by atoms with Crippen LogP contribution in [0.4, 0.5) is 10.5 Å². The third kappa shape index (κ3) is 3.19. The second kappa shape index (κ2) is 5.66. The number of amides is 1. The van der Waals surface area contributed by atoms with E-state index in [-0.39, 0.29) is 17.7 Å². The number of hydrogen-bond donors (Lipinski definition) is 2. The fraction of sp³-hybridized carbons (Fsp3) is 0.571. The summed E-state index contributed by atoms with van der Waals surface area (Å²) in [5.74, 6) is 0.352. The highest BCUT2D eigenvalue weighted by atomic mass is 16.6. The summed E-state index contributed by atoms with van der Waals surface area (Å²) >= 11 is 0. The van der Waals surface area contributed by atoms with Crippen molar-refractivity contribution in [3.63, 3.8) is 0 Å². The molecular formula is C14H22N4O2. The number of ether oxygens (including phenoxy) is 1. The molecule has 3 N–H and O–H groups in total. The molecule has 0 saturated carbocycles. The Hall–Kier alpha value is -1.82. The van der Waals surface area contributed by atoms with Crippen molar-refractivity contribution in [1.82, 2.24) is 15.2 Å². The molecule has 2 heterocycles. The molecule has 1 aliphatic rings. The molecule has 1 aliphatic heterocycles. The van der Waals surface area contributed by atoms with Crippen LogP contribution in [0.1, 0.15) is 27.2 Å². The quantitative estimate of drug-likeness (QED) is 0.859. The first-order valence-electron chi connectivity index (χ1n) is 6.81. The van der Waals surface area contributed by atoms with Gasteiger partial charge in [0.25, 0.3) is 0 Å². The number of rotatable bonds is 2. The zero-order valence-electron chi connectivity index (χ0n) is 12.2. The molecule has 1 saturated heterocycles. The Balaban J connectivity index is 2.17. The summed E-state index contributed by atoms with van der Waals surface area (Å²) in [6.45, 7) is 7.72. The molecule has 0 spiro atoms. The van der Waals surface area contributed by atoms with Gasteiger partial charge in [0.15, 0.2) is 5.75 Å². The fourth-order valence-electron chi connectivity index (χ4n) is 2.46. The molecule has 0 aromatic carbocycles. The first-order valence-corrected chi connectivity index (χ1v) is 6.81. The van der Waals surface area contributed by atoms with Crippen molar-refractivity contribution in [3.8, 4) is 5.75 Å². The van der Waals surface area contributed by atoms with Crippen LogP contribution in [-0.4, -0.2) is 40.6 Å². The van der Waals surface area contributed by atoms with Crippen molar-refractivity contribution in [2.24, 2.45) is 0 Å². The number of anilines is 1. The molecule has 0 radical (unpaired) electrons. The maximum atomic E-state index is 12.5. The predicted octanol–water partition coefficient (Wildman–Crippen LogP) is 1.62. The summed E-state index contributed by atoms with van der Waals surface area (Å²) in [6, 6.07) is 1.74. The molecule has 0 bridgehead atoms. The Morgan fingerprint density at radius 3 is 2.85 bits per heavy atom. The number of nitrogens with one attached hydrogen (secondary N) is 1. The number of aromatic nitrogens is 1. The minimum Gasteiger partial charge on any atom is -0.408 e. The molecule has 1 aromatic heterocycles. The molecule has 1 atom stereocenters. The van der Waals surface area contributed by atoms with Gasteiger partial charge >= 0.3 is 6.09 Å². The molecule has 0 aliphatic carbocycles. The van der Waals surface area contributed by atoms with Gasteiger partial charge in [0.05, 0.1) is 11.9 Å². The Morgan fingerprint density at radius 2 is 2.30 bits per heavy atom. The lowest BCUT2D eigenvalue weighted by molar-refractivity contribution is 0.0815. The van der Waals surface area contributed by atoms with Crippen molar-refractivity contribution in [1.29, 1.82) is 0 Å². The summed E-state index contributed by atoms with van der Waals surface area (Å²) in [5, 5.41) is 3.27. The summed E-state index contributed by atoms with van der Waals surface area (Å²) in [4.78, 5) is 18.2. The molecule has 2 rings (SSSR count). The number of pyridine rings is 1. The third-order valence-corrected chi connectivity index (χ3v) is 3.33. The predicted molar refractivity (Wildman–Crippen MR) is 77.5 cm³/mol. The van der Waals surface area contributed by atoms with E-state index in [0.29, 0.717) is 11.4 Å². The molecule has 1 fully saturated rings. The van der Waals surface area contributed by atoms with E-state index in [4.69, 9.17) is 10.5 Å². The number of nitrogens with two attached hydrogens (primary N) is 1. The van der Waals surface area contributed by atoms with Crippen molar-refractivity contribution < 1.29 is 9.53 Å². The van der Waals surface area contributed by atoms with Crippen LogP contribution in [0.5, 0.6) is 5.75 Å². The van der Waals surface area contributed by atoms with Gasteiger partial charge in [-0.15, -0.1) is 0 Å². The van der Waals surface area contributed by atoms with Crippen LogP contribution in [0.25, 0.3) is 0 Å². The number of carbonyl (C=O) groups is 1. The van der Waals surface area contributed by atoms with E-state index in [0.717, 1.165) is 19.5 Å². The zero-order chi connectivity index (χ0) is 14.8. The first kappa shape index (κ1) is 14.6. The van der Waals surface area contributed by atoms with E-state index in [1.807, 2.05) is 20.8 Å². The van der Waals surface area contributed by atoms with Crippen molar-refractivity contribution in [2.45, 2.75) is 38.8 Å². The van der Waals surface area contributed by atoms with Gasteiger partial charge in [-0.25, -0.2) is 4.79 Å². The summed E-state index contributed by atoms with van der Waals surface area (Å²) in [7, 11) is 0. The number of hydrogen-bond acceptors (Lipinski definition) is 5. The van der Waals surface area contributed by atoms with E-state index in [2.05, 4.69) is 10.3 Å². The highest BCUT2D eigenvalue weighted by Gasteiger charge is 2.36. The monoisotopic (exact) mass is 278 g/mol. The standard InChI is InChI=1S/C14H22N4O2/c1-14(2,3)18(10-4-6-16-8-10)13(19)20-12-5-7-17-9-11(12)15/h5,7,9-10,16H,4,6,8,15H2,1-3H3/t10-/m0/s1. The third-order valence-electron chi connectivity index (χ3n) is 3.33. The Labute approximate surface area is 119 Å². The first-order chi connectivity index (χ1) is 9.39. The van der Waals surface area contributed by atoms with Crippen LogP contribution in [0.15, 0.2) is 18.5 Å². The van der Waals surface area contributed by atoms with Gasteiger partial charge in [-0.1, -0.05) is 0 Å². The smallest absolute Gasteiger partial charge is 0.408 e. The molecular weight excluding hydrogens is 256 g/mol. The molecule has 20 heavy (non-hydrogen) atoms. The minimum atomic E-state index is -0.371. The molecule has 6 nitrogen and oxygen atoms in total. The largest absolute Gasteiger partial charge is 0.416 e. The van der Waals surface area contributed by atoms with E-state index >= 15 is 0 Å². The number of nitrogen functional groups attached to an aromatic ring is 1. The van der Waals surface area contributed by atoms with Gasteiger partial charge in [0.2, 0.25) is 0 Å². The van der Waals surface area contributed by atoms with Crippen LogP contribution in [0, 0.1) is 0 Å². The van der Waals surface area contributed by atoms with Gasteiger partial charge in [-0.3, -0.25) is 9.88 Å². The Morgan fingerprint density at radius 1 is 1.55 bits per heavy atom. The second-order valence-electron chi connectivity index (χ2n) is 5.97. The van der Waals surface area contributed by atoms with Crippen LogP contribution in [0.3, 0.4) is 0 Å². The maximum Gasteiger partial charge on any atom is 0.416 e.